The summed E-state index contributed by atoms with van der Waals surface area (Å²) in [6, 6.07) is 14.1. The third-order valence-electron chi connectivity index (χ3n) is 13.9. The largest absolute Gasteiger partial charge is 0.328 e. The number of hydrogen-bond donors (Lipinski definition) is 2. The first-order chi connectivity index (χ1) is 30.3. The standard InChI is InChI=1S/C58H103O3P/c1-7-11-15-19-23-27-34-42-52-44-39-48-56(54(52)46-36-29-25-21-17-13-9-3)58(61-62(59)60,50-38-32-31-33-41-51(5)6)57-49-40-45-53(43-35-28-24-20-16-12-8-2)55(57)47-37-30-26-22-18-14-10-4/h39-40,44-45,48-49,51,59-60H,7-38,41-43,46-47,50H2,1-6H3. The third kappa shape index (κ3) is 24.3. The Kier molecular flexibility index (Phi) is 34.8. The maximum Gasteiger partial charge on any atom is 0.328 e. The van der Waals surface area contributed by atoms with Gasteiger partial charge < -0.3 is 9.79 Å². The topological polar surface area (TPSA) is 49.7 Å². The lowest BCUT2D eigenvalue weighted by molar-refractivity contribution is 0.0771. The van der Waals surface area contributed by atoms with Crippen LogP contribution in [-0.2, 0) is 35.8 Å². The second-order valence-electron chi connectivity index (χ2n) is 19.9. The van der Waals surface area contributed by atoms with Crippen molar-refractivity contribution in [3.05, 3.63) is 69.8 Å². The highest BCUT2D eigenvalue weighted by Crippen LogP contribution is 2.50. The van der Waals surface area contributed by atoms with E-state index in [2.05, 4.69) is 77.9 Å². The van der Waals surface area contributed by atoms with Crippen LogP contribution in [0.3, 0.4) is 0 Å². The van der Waals surface area contributed by atoms with Crippen molar-refractivity contribution in [2.75, 3.05) is 0 Å². The maximum atomic E-state index is 11.2. The molecule has 0 unspecified atom stereocenters. The second kappa shape index (κ2) is 37.9. The molecule has 0 saturated heterocycles. The number of benzene rings is 2. The molecule has 2 rings (SSSR count). The molecule has 358 valence electrons. The van der Waals surface area contributed by atoms with Crippen LogP contribution in [-0.4, -0.2) is 9.79 Å². The van der Waals surface area contributed by atoms with Crippen molar-refractivity contribution in [1.29, 1.82) is 0 Å². The summed E-state index contributed by atoms with van der Waals surface area (Å²) in [5.74, 6) is 0.728. The lowest BCUT2D eigenvalue weighted by Gasteiger charge is -2.39. The quantitative estimate of drug-likeness (QED) is 0.0515. The van der Waals surface area contributed by atoms with E-state index in [4.69, 9.17) is 4.52 Å². The minimum atomic E-state index is -2.61. The molecule has 0 aliphatic heterocycles. The van der Waals surface area contributed by atoms with Gasteiger partial charge in [0.05, 0.1) is 0 Å². The summed E-state index contributed by atoms with van der Waals surface area (Å²) in [5, 5.41) is 0. The van der Waals surface area contributed by atoms with E-state index in [0.29, 0.717) is 0 Å². The van der Waals surface area contributed by atoms with Gasteiger partial charge in [-0.2, -0.15) is 0 Å². The van der Waals surface area contributed by atoms with Crippen molar-refractivity contribution in [2.45, 2.75) is 291 Å². The van der Waals surface area contributed by atoms with Gasteiger partial charge in [-0.05, 0) is 104 Å². The van der Waals surface area contributed by atoms with Crippen LogP contribution in [0.25, 0.3) is 0 Å². The van der Waals surface area contributed by atoms with E-state index >= 15 is 0 Å². The molecular weight excluding hydrogens is 776 g/mol. The Labute approximate surface area is 388 Å². The average Bonchev–Trinajstić information content (AvgIpc) is 3.26. The molecule has 4 heteroatoms. The van der Waals surface area contributed by atoms with Gasteiger partial charge in [0.25, 0.3) is 0 Å². The van der Waals surface area contributed by atoms with Gasteiger partial charge in [-0.15, -0.1) is 0 Å². The van der Waals surface area contributed by atoms with E-state index in [1.54, 1.807) is 0 Å². The molecule has 2 N–H and O–H groups in total. The molecule has 2 aromatic carbocycles. The summed E-state index contributed by atoms with van der Waals surface area (Å²) >= 11 is 0. The molecule has 0 aliphatic carbocycles. The normalized spacial score (nSPS) is 12.1. The van der Waals surface area contributed by atoms with Crippen molar-refractivity contribution < 1.29 is 14.3 Å². The molecule has 0 fully saturated rings. The Hall–Kier alpha value is -1.25. The number of unbranched alkanes of at least 4 members (excludes halogenated alkanes) is 27. The summed E-state index contributed by atoms with van der Waals surface area (Å²) in [4.78, 5) is 22.4. The molecule has 0 bridgehead atoms. The average molecular weight is 879 g/mol. The van der Waals surface area contributed by atoms with Crippen molar-refractivity contribution in [3.63, 3.8) is 0 Å². The van der Waals surface area contributed by atoms with Crippen LogP contribution in [0.15, 0.2) is 36.4 Å². The van der Waals surface area contributed by atoms with Crippen LogP contribution in [0.2, 0.25) is 0 Å². The Balaban J connectivity index is 2.71. The van der Waals surface area contributed by atoms with Gasteiger partial charge in [-0.3, -0.25) is 4.52 Å². The van der Waals surface area contributed by atoms with Gasteiger partial charge in [0.1, 0.15) is 5.60 Å². The maximum absolute atomic E-state index is 11.2. The van der Waals surface area contributed by atoms with Crippen LogP contribution in [0.5, 0.6) is 0 Å². The summed E-state index contributed by atoms with van der Waals surface area (Å²) in [6.07, 6.45) is 47.3. The third-order valence-corrected chi connectivity index (χ3v) is 14.3. The minimum absolute atomic E-state index is 0.728. The predicted octanol–water partition coefficient (Wildman–Crippen LogP) is 19.3. The second-order valence-corrected chi connectivity index (χ2v) is 20.6. The molecule has 0 radical (unpaired) electrons. The molecule has 0 atom stereocenters. The fourth-order valence-corrected chi connectivity index (χ4v) is 10.7. The molecular formula is C58H103O3P. The first kappa shape index (κ1) is 56.9. The van der Waals surface area contributed by atoms with E-state index in [1.807, 2.05) is 0 Å². The minimum Gasteiger partial charge on any atom is -0.328 e. The Morgan fingerprint density at radius 1 is 0.419 bits per heavy atom. The van der Waals surface area contributed by atoms with E-state index < -0.39 is 14.2 Å². The van der Waals surface area contributed by atoms with E-state index in [-0.39, 0.29) is 0 Å². The van der Waals surface area contributed by atoms with Crippen LogP contribution >= 0.6 is 8.60 Å². The van der Waals surface area contributed by atoms with E-state index in [1.165, 1.54) is 232 Å². The highest BCUT2D eigenvalue weighted by atomic mass is 31.2. The monoisotopic (exact) mass is 879 g/mol. The summed E-state index contributed by atoms with van der Waals surface area (Å²) in [5.41, 5.74) is 7.41. The Morgan fingerprint density at radius 3 is 1.10 bits per heavy atom. The highest BCUT2D eigenvalue weighted by Gasteiger charge is 2.41. The van der Waals surface area contributed by atoms with E-state index in [9.17, 15) is 9.79 Å². The highest BCUT2D eigenvalue weighted by molar-refractivity contribution is 7.39. The lowest BCUT2D eigenvalue weighted by atomic mass is 9.74. The molecule has 0 saturated carbocycles. The molecule has 0 heterocycles. The molecule has 2 aromatic rings. The van der Waals surface area contributed by atoms with Gasteiger partial charge in [0, 0.05) is 0 Å². The van der Waals surface area contributed by atoms with Crippen molar-refractivity contribution in [1.82, 2.24) is 0 Å². The fourth-order valence-electron chi connectivity index (χ4n) is 10.1. The SMILES string of the molecule is CCCCCCCCCc1cccc(C(CCCCCCC(C)C)(OP(O)O)c2cccc(CCCCCCCCC)c2CCCCCCCCC)c1CCCCCCCCC. The van der Waals surface area contributed by atoms with Gasteiger partial charge >= 0.3 is 8.60 Å². The zero-order chi connectivity index (χ0) is 44.9. The van der Waals surface area contributed by atoms with Crippen LogP contribution < -0.4 is 0 Å². The smallest absolute Gasteiger partial charge is 0.328 e. The first-order valence-corrected chi connectivity index (χ1v) is 28.6. The van der Waals surface area contributed by atoms with Crippen molar-refractivity contribution in [3.8, 4) is 0 Å². The van der Waals surface area contributed by atoms with Crippen LogP contribution in [0.4, 0.5) is 0 Å². The van der Waals surface area contributed by atoms with Crippen LogP contribution in [0.1, 0.15) is 293 Å². The van der Waals surface area contributed by atoms with Crippen molar-refractivity contribution >= 4 is 8.60 Å². The van der Waals surface area contributed by atoms with Gasteiger partial charge in [0.15, 0.2) is 0 Å². The molecule has 0 amide bonds. The first-order valence-electron chi connectivity index (χ1n) is 27.4. The van der Waals surface area contributed by atoms with Crippen molar-refractivity contribution in [2.24, 2.45) is 5.92 Å². The molecule has 62 heavy (non-hydrogen) atoms. The zero-order valence-electron chi connectivity index (χ0n) is 42.2. The zero-order valence-corrected chi connectivity index (χ0v) is 43.1. The van der Waals surface area contributed by atoms with Gasteiger partial charge in [-0.1, -0.05) is 258 Å². The summed E-state index contributed by atoms with van der Waals surface area (Å²) in [6.45, 7) is 13.9. The number of rotatable bonds is 43. The fraction of sp³-hybridized carbons (Fsp3) is 0.793. The molecule has 0 spiro atoms. The summed E-state index contributed by atoms with van der Waals surface area (Å²) in [7, 11) is -2.61. The lowest BCUT2D eigenvalue weighted by Crippen LogP contribution is -2.33. The Morgan fingerprint density at radius 2 is 0.742 bits per heavy atom. The molecule has 0 aromatic heterocycles. The number of hydrogen-bond acceptors (Lipinski definition) is 3. The Bertz CT molecular complexity index is 1240. The van der Waals surface area contributed by atoms with Gasteiger partial charge in [-0.25, -0.2) is 0 Å². The summed E-state index contributed by atoms with van der Waals surface area (Å²) < 4.78 is 6.93. The van der Waals surface area contributed by atoms with E-state index in [0.717, 1.165) is 50.9 Å². The van der Waals surface area contributed by atoms with Gasteiger partial charge in [0.2, 0.25) is 0 Å². The number of aryl methyl sites for hydroxylation is 2. The molecule has 3 nitrogen and oxygen atoms in total. The predicted molar refractivity (Wildman–Crippen MR) is 275 cm³/mol. The molecule has 0 aliphatic rings. The van der Waals surface area contributed by atoms with Crippen LogP contribution in [0, 0.1) is 5.92 Å².